The number of rotatable bonds is 8. The molecule has 0 radical (unpaired) electrons. The Hall–Kier alpha value is -1.70. The molecule has 0 heterocycles. The number of hydrogen-bond acceptors (Lipinski definition) is 5. The van der Waals surface area contributed by atoms with E-state index in [0.29, 0.717) is 0 Å². The predicted molar refractivity (Wildman–Crippen MR) is 91.9 cm³/mol. The zero-order valence-corrected chi connectivity index (χ0v) is 15.2. The van der Waals surface area contributed by atoms with Crippen LogP contribution in [0.4, 0.5) is 0 Å². The van der Waals surface area contributed by atoms with Gasteiger partial charge in [-0.15, -0.1) is 0 Å². The summed E-state index contributed by atoms with van der Waals surface area (Å²) in [5.41, 5.74) is 0.970. The van der Waals surface area contributed by atoms with E-state index in [1.54, 1.807) is 26.0 Å². The molecule has 2 atom stereocenters. The van der Waals surface area contributed by atoms with Crippen LogP contribution in [0.2, 0.25) is 0 Å². The quantitative estimate of drug-likeness (QED) is 0.546. The van der Waals surface area contributed by atoms with Gasteiger partial charge in [0.25, 0.3) is 0 Å². The van der Waals surface area contributed by atoms with Crippen molar-refractivity contribution < 1.29 is 23.1 Å². The van der Waals surface area contributed by atoms with Crippen LogP contribution < -0.4 is 4.72 Å². The summed E-state index contributed by atoms with van der Waals surface area (Å²) in [6, 6.07) is 6.50. The molecule has 7 heteroatoms. The first-order valence-electron chi connectivity index (χ1n) is 7.68. The largest absolute Gasteiger partial charge is 0.468 e. The van der Waals surface area contributed by atoms with Crippen molar-refractivity contribution in [2.45, 2.75) is 31.8 Å². The molecule has 0 fully saturated rings. The number of esters is 1. The minimum atomic E-state index is -3.62. The lowest BCUT2D eigenvalue weighted by molar-refractivity contribution is -0.148. The topological polar surface area (TPSA) is 92.7 Å². The van der Waals surface area contributed by atoms with Crippen molar-refractivity contribution in [2.24, 2.45) is 11.8 Å². The van der Waals surface area contributed by atoms with Crippen LogP contribution in [0.15, 0.2) is 41.3 Å². The van der Waals surface area contributed by atoms with E-state index in [4.69, 9.17) is 0 Å². The third-order valence-electron chi connectivity index (χ3n) is 3.59. The smallest absolute Gasteiger partial charge is 0.315 e. The van der Waals surface area contributed by atoms with Crippen molar-refractivity contribution >= 4 is 16.0 Å². The fourth-order valence-corrected chi connectivity index (χ4v) is 3.03. The molecule has 0 amide bonds. The van der Waals surface area contributed by atoms with Gasteiger partial charge >= 0.3 is 5.97 Å². The summed E-state index contributed by atoms with van der Waals surface area (Å²) in [7, 11) is -2.37. The molecular weight excluding hydrogens is 330 g/mol. The van der Waals surface area contributed by atoms with Crippen LogP contribution in [0.5, 0.6) is 0 Å². The maximum Gasteiger partial charge on any atom is 0.315 e. The van der Waals surface area contributed by atoms with Gasteiger partial charge in [0, 0.05) is 6.54 Å². The summed E-state index contributed by atoms with van der Waals surface area (Å²) in [6.45, 7) is 5.46. The van der Waals surface area contributed by atoms with Gasteiger partial charge in [0.1, 0.15) is 5.92 Å². The van der Waals surface area contributed by atoms with Gasteiger partial charge in [-0.05, 0) is 25.0 Å². The third kappa shape index (κ3) is 5.74. The standard InChI is InChI=1S/C17H25NO5S/c1-12(2)16(19)15(17(20)23-4)6-5-11-18-24(21,22)14-9-7-13(3)8-10-14/h5-10,12,15-16,18-19H,11H2,1-4H3/b6-5+. The molecule has 0 spiro atoms. The molecule has 1 rings (SSSR count). The highest BCUT2D eigenvalue weighted by Gasteiger charge is 2.27. The SMILES string of the molecule is COC(=O)C(/C=C/CNS(=O)(=O)c1ccc(C)cc1)C(O)C(C)C. The van der Waals surface area contributed by atoms with Crippen LogP contribution in [0, 0.1) is 18.8 Å². The van der Waals surface area contributed by atoms with E-state index in [2.05, 4.69) is 9.46 Å². The molecular formula is C17H25NO5S. The van der Waals surface area contributed by atoms with Gasteiger partial charge in [-0.2, -0.15) is 0 Å². The Balaban J connectivity index is 2.73. The Morgan fingerprint density at radius 2 is 1.88 bits per heavy atom. The van der Waals surface area contributed by atoms with Crippen molar-refractivity contribution in [2.75, 3.05) is 13.7 Å². The van der Waals surface area contributed by atoms with Crippen LogP contribution in [0.1, 0.15) is 19.4 Å². The number of aryl methyl sites for hydroxylation is 1. The second-order valence-corrected chi connectivity index (χ2v) is 7.64. The van der Waals surface area contributed by atoms with Gasteiger partial charge in [-0.1, -0.05) is 43.7 Å². The van der Waals surface area contributed by atoms with Crippen LogP contribution in [0.25, 0.3) is 0 Å². The molecule has 1 aromatic carbocycles. The van der Waals surface area contributed by atoms with Crippen molar-refractivity contribution in [3.63, 3.8) is 0 Å². The average Bonchev–Trinajstić information content (AvgIpc) is 2.54. The summed E-state index contributed by atoms with van der Waals surface area (Å²) >= 11 is 0. The van der Waals surface area contributed by atoms with Crippen LogP contribution >= 0.6 is 0 Å². The Bertz CT molecular complexity index is 665. The van der Waals surface area contributed by atoms with Gasteiger partial charge in [-0.3, -0.25) is 4.79 Å². The number of carbonyl (C=O) groups excluding carboxylic acids is 1. The molecule has 0 aromatic heterocycles. The summed E-state index contributed by atoms with van der Waals surface area (Å²) in [4.78, 5) is 11.9. The predicted octanol–water partition coefficient (Wildman–Crippen LogP) is 1.64. The number of carbonyl (C=O) groups is 1. The molecule has 1 aromatic rings. The zero-order valence-electron chi connectivity index (χ0n) is 14.4. The van der Waals surface area contributed by atoms with Crippen molar-refractivity contribution in [1.82, 2.24) is 4.72 Å². The van der Waals surface area contributed by atoms with E-state index >= 15 is 0 Å². The second-order valence-electron chi connectivity index (χ2n) is 5.88. The monoisotopic (exact) mass is 355 g/mol. The molecule has 0 aliphatic rings. The Morgan fingerprint density at radius 1 is 1.29 bits per heavy atom. The van der Waals surface area contributed by atoms with Crippen molar-refractivity contribution in [3.05, 3.63) is 42.0 Å². The minimum absolute atomic E-state index is 0.00845. The Labute approximate surface area is 143 Å². The molecule has 0 saturated heterocycles. The summed E-state index contributed by atoms with van der Waals surface area (Å²) < 4.78 is 31.4. The van der Waals surface area contributed by atoms with Gasteiger partial charge in [0.15, 0.2) is 0 Å². The van der Waals surface area contributed by atoms with Gasteiger partial charge in [-0.25, -0.2) is 13.1 Å². The number of aliphatic hydroxyl groups is 1. The number of hydrogen-bond donors (Lipinski definition) is 2. The van der Waals surface area contributed by atoms with E-state index in [1.807, 2.05) is 6.92 Å². The minimum Gasteiger partial charge on any atom is -0.468 e. The average molecular weight is 355 g/mol. The van der Waals surface area contributed by atoms with Crippen LogP contribution in [0.3, 0.4) is 0 Å². The lowest BCUT2D eigenvalue weighted by Crippen LogP contribution is -2.32. The number of ether oxygens (including phenoxy) is 1. The van der Waals surface area contributed by atoms with E-state index in [9.17, 15) is 18.3 Å². The molecule has 0 bridgehead atoms. The Kier molecular flexibility index (Phi) is 7.59. The second kappa shape index (κ2) is 8.96. The normalized spacial score (nSPS) is 14.8. The first kappa shape index (κ1) is 20.3. The molecule has 2 N–H and O–H groups in total. The van der Waals surface area contributed by atoms with Gasteiger partial charge < -0.3 is 9.84 Å². The number of nitrogens with one attached hydrogen (secondary N) is 1. The van der Waals surface area contributed by atoms with Crippen LogP contribution in [-0.2, 0) is 19.6 Å². The van der Waals surface area contributed by atoms with Crippen molar-refractivity contribution in [1.29, 1.82) is 0 Å². The highest BCUT2D eigenvalue weighted by atomic mass is 32.2. The fraction of sp³-hybridized carbons (Fsp3) is 0.471. The summed E-state index contributed by atoms with van der Waals surface area (Å²) in [5, 5.41) is 10.1. The number of methoxy groups -OCH3 is 1. The lowest BCUT2D eigenvalue weighted by atomic mass is 9.93. The highest BCUT2D eigenvalue weighted by Crippen LogP contribution is 2.16. The van der Waals surface area contributed by atoms with E-state index in [-0.39, 0.29) is 17.4 Å². The van der Waals surface area contributed by atoms with E-state index in [0.717, 1.165) is 5.56 Å². The molecule has 6 nitrogen and oxygen atoms in total. The zero-order chi connectivity index (χ0) is 18.3. The molecule has 0 saturated carbocycles. The first-order valence-corrected chi connectivity index (χ1v) is 9.16. The molecule has 2 unspecified atom stereocenters. The highest BCUT2D eigenvalue weighted by molar-refractivity contribution is 7.89. The third-order valence-corrected chi connectivity index (χ3v) is 5.03. The summed E-state index contributed by atoms with van der Waals surface area (Å²) in [5.74, 6) is -1.53. The maximum absolute atomic E-state index is 12.1. The number of sulfonamides is 1. The van der Waals surface area contributed by atoms with Crippen molar-refractivity contribution in [3.8, 4) is 0 Å². The van der Waals surface area contributed by atoms with Gasteiger partial charge in [0.2, 0.25) is 10.0 Å². The molecule has 0 aliphatic heterocycles. The first-order chi connectivity index (χ1) is 11.2. The molecule has 24 heavy (non-hydrogen) atoms. The number of benzene rings is 1. The summed E-state index contributed by atoms with van der Waals surface area (Å²) in [6.07, 6.45) is 2.06. The van der Waals surface area contributed by atoms with E-state index in [1.165, 1.54) is 31.4 Å². The molecule has 134 valence electrons. The van der Waals surface area contributed by atoms with E-state index < -0.39 is 28.0 Å². The maximum atomic E-state index is 12.1. The number of aliphatic hydroxyl groups excluding tert-OH is 1. The fourth-order valence-electron chi connectivity index (χ4n) is 2.06. The van der Waals surface area contributed by atoms with Gasteiger partial charge in [0.05, 0.1) is 18.1 Å². The van der Waals surface area contributed by atoms with Crippen LogP contribution in [-0.4, -0.2) is 39.3 Å². The molecule has 0 aliphatic carbocycles. The Morgan fingerprint density at radius 3 is 2.38 bits per heavy atom. The lowest BCUT2D eigenvalue weighted by Gasteiger charge is -2.20.